The number of carbonyl (C=O) groups is 2. The lowest BCUT2D eigenvalue weighted by molar-refractivity contribution is -0.257. The van der Waals surface area contributed by atoms with Gasteiger partial charge in [0.05, 0.1) is 24.1 Å². The molecule has 1 aliphatic carbocycles. The minimum atomic E-state index is -4.79. The van der Waals surface area contributed by atoms with Crippen molar-refractivity contribution in [3.63, 3.8) is 0 Å². The van der Waals surface area contributed by atoms with Crippen LogP contribution in [0.3, 0.4) is 0 Å². The zero-order valence-corrected chi connectivity index (χ0v) is 22.9. The van der Waals surface area contributed by atoms with Crippen molar-refractivity contribution in [3.05, 3.63) is 35.1 Å². The largest absolute Gasteiger partial charge is 0.486 e. The van der Waals surface area contributed by atoms with Gasteiger partial charge in [0.25, 0.3) is 10.0 Å². The van der Waals surface area contributed by atoms with E-state index in [1.807, 2.05) is 0 Å². The van der Waals surface area contributed by atoms with E-state index in [0.717, 1.165) is 18.2 Å². The molecule has 4 rings (SSSR count). The summed E-state index contributed by atoms with van der Waals surface area (Å²) in [5, 5.41) is 13.3. The lowest BCUT2D eigenvalue weighted by atomic mass is 9.97. The lowest BCUT2D eigenvalue weighted by Gasteiger charge is -2.36. The number of ether oxygens (including phenoxy) is 2. The summed E-state index contributed by atoms with van der Waals surface area (Å²) < 4.78 is 80.0. The average molecular weight is 594 g/mol. The Morgan fingerprint density at radius 3 is 2.49 bits per heavy atom. The van der Waals surface area contributed by atoms with Crippen LogP contribution >= 0.6 is 11.6 Å². The van der Waals surface area contributed by atoms with Crippen LogP contribution in [0.5, 0.6) is 5.75 Å². The first-order chi connectivity index (χ1) is 18.0. The monoisotopic (exact) mass is 593 g/mol. The molecule has 1 aromatic carbocycles. The van der Waals surface area contributed by atoms with Crippen LogP contribution < -0.4 is 9.04 Å². The van der Waals surface area contributed by atoms with Gasteiger partial charge in [-0.1, -0.05) is 17.7 Å². The van der Waals surface area contributed by atoms with Crippen LogP contribution in [-0.4, -0.2) is 59.7 Å². The quantitative estimate of drug-likeness (QED) is 0.429. The second-order valence-electron chi connectivity index (χ2n) is 10.2. The first-order valence-electron chi connectivity index (χ1n) is 12.1. The summed E-state index contributed by atoms with van der Waals surface area (Å²) in [6.07, 6.45) is -3.96. The molecular weight excluding hydrogens is 567 g/mol. The van der Waals surface area contributed by atoms with Crippen molar-refractivity contribution in [1.82, 2.24) is 9.78 Å². The molecule has 1 fully saturated rings. The van der Waals surface area contributed by atoms with E-state index in [4.69, 9.17) is 16.3 Å². The number of aliphatic carboxylic acids is 1. The molecule has 1 aromatic heterocycles. The molecule has 1 aliphatic heterocycles. The molecule has 2 aromatic rings. The molecule has 0 amide bonds. The minimum absolute atomic E-state index is 0.0205. The third kappa shape index (κ3) is 5.67. The Hall–Kier alpha value is -3.00. The van der Waals surface area contributed by atoms with Gasteiger partial charge in [-0.25, -0.2) is 8.42 Å². The van der Waals surface area contributed by atoms with Crippen molar-refractivity contribution in [2.75, 3.05) is 10.8 Å². The number of sulfonamides is 1. The van der Waals surface area contributed by atoms with Gasteiger partial charge in [-0.05, 0) is 51.3 Å². The third-order valence-electron chi connectivity index (χ3n) is 6.86. The Bertz CT molecular complexity index is 1400. The van der Waals surface area contributed by atoms with Crippen molar-refractivity contribution < 1.29 is 45.8 Å². The number of benzene rings is 1. The SMILES string of the molecule is CCn1cc(S(=O)(=O)N2C[C@H](CC3(C(=O)O)CC3)Oc3ccc(CC(=O)OC(C)(C)C(F)(F)F)cc32)c(Cl)n1. The van der Waals surface area contributed by atoms with E-state index in [1.165, 1.54) is 29.1 Å². The fraction of sp³-hybridized carbons (Fsp3) is 0.542. The molecule has 1 N–H and O–H groups in total. The number of carboxylic acids is 1. The summed E-state index contributed by atoms with van der Waals surface area (Å²) in [4.78, 5) is 23.8. The predicted molar refractivity (Wildman–Crippen MR) is 132 cm³/mol. The zero-order chi connectivity index (χ0) is 29.0. The van der Waals surface area contributed by atoms with Crippen LogP contribution in [0, 0.1) is 5.41 Å². The Morgan fingerprint density at radius 1 is 1.28 bits per heavy atom. The lowest BCUT2D eigenvalue weighted by Crippen LogP contribution is -2.45. The van der Waals surface area contributed by atoms with E-state index >= 15 is 0 Å². The van der Waals surface area contributed by atoms with Gasteiger partial charge in [0.2, 0.25) is 5.60 Å². The molecule has 0 radical (unpaired) electrons. The maximum Gasteiger partial charge on any atom is 0.427 e. The molecular formula is C24H27ClF3N3O7S. The fourth-order valence-electron chi connectivity index (χ4n) is 4.27. The molecule has 2 aliphatic rings. The fourth-order valence-corrected chi connectivity index (χ4v) is 6.22. The van der Waals surface area contributed by atoms with E-state index in [2.05, 4.69) is 9.84 Å². The molecule has 15 heteroatoms. The minimum Gasteiger partial charge on any atom is -0.486 e. The summed E-state index contributed by atoms with van der Waals surface area (Å²) in [6, 6.07) is 4.10. The van der Waals surface area contributed by atoms with Crippen LogP contribution in [0.15, 0.2) is 29.3 Å². The molecule has 10 nitrogen and oxygen atoms in total. The summed E-state index contributed by atoms with van der Waals surface area (Å²) in [6.45, 7) is 3.28. The smallest absolute Gasteiger partial charge is 0.427 e. The number of esters is 1. The normalized spacial score (nSPS) is 18.7. The van der Waals surface area contributed by atoms with Crippen LogP contribution in [0.4, 0.5) is 18.9 Å². The number of rotatable bonds is 9. The summed E-state index contributed by atoms with van der Waals surface area (Å²) in [7, 11) is -4.35. The zero-order valence-electron chi connectivity index (χ0n) is 21.3. The molecule has 0 bridgehead atoms. The summed E-state index contributed by atoms with van der Waals surface area (Å²) in [5.74, 6) is -2.05. The van der Waals surface area contributed by atoms with Gasteiger partial charge in [0.15, 0.2) is 5.15 Å². The van der Waals surface area contributed by atoms with E-state index in [9.17, 15) is 36.3 Å². The topological polar surface area (TPSA) is 128 Å². The highest BCUT2D eigenvalue weighted by molar-refractivity contribution is 7.93. The number of hydrogen-bond acceptors (Lipinski definition) is 7. The number of halogens is 4. The average Bonchev–Trinajstić information content (AvgIpc) is 3.50. The number of aryl methyl sites for hydroxylation is 1. The second-order valence-corrected chi connectivity index (χ2v) is 12.4. The molecule has 214 valence electrons. The van der Waals surface area contributed by atoms with Gasteiger partial charge in [-0.3, -0.25) is 18.6 Å². The molecule has 39 heavy (non-hydrogen) atoms. The standard InChI is InChI=1S/C24H27ClF3N3O7S/c1-4-30-13-18(20(25)29-30)39(35,36)31-12-15(11-23(7-8-23)21(33)34)37-17-6-5-14(9-16(17)31)10-19(32)38-22(2,3)24(26,27)28/h5-6,9,13,15H,4,7-8,10-12H2,1-3H3,(H,33,34)/t15-/m0/s1. The molecule has 0 unspecified atom stereocenters. The maximum atomic E-state index is 13.8. The van der Waals surface area contributed by atoms with E-state index in [0.29, 0.717) is 19.4 Å². The Labute approximate surface area is 227 Å². The predicted octanol–water partition coefficient (Wildman–Crippen LogP) is 4.19. The van der Waals surface area contributed by atoms with Crippen LogP contribution in [0.25, 0.3) is 0 Å². The number of hydrogen-bond donors (Lipinski definition) is 1. The number of carboxylic acid groups (broad SMARTS) is 1. The second kappa shape index (κ2) is 9.88. The molecule has 1 saturated carbocycles. The van der Waals surface area contributed by atoms with Crippen molar-refractivity contribution in [2.24, 2.45) is 5.41 Å². The Balaban J connectivity index is 1.69. The van der Waals surface area contributed by atoms with Gasteiger partial charge in [-0.2, -0.15) is 18.3 Å². The first kappa shape index (κ1) is 29.0. The van der Waals surface area contributed by atoms with Gasteiger partial charge in [0.1, 0.15) is 16.7 Å². The van der Waals surface area contributed by atoms with E-state index < -0.39 is 51.7 Å². The maximum absolute atomic E-state index is 13.8. The summed E-state index contributed by atoms with van der Waals surface area (Å²) >= 11 is 6.15. The van der Waals surface area contributed by atoms with Gasteiger partial charge >= 0.3 is 18.1 Å². The van der Waals surface area contributed by atoms with Crippen LogP contribution in [0.2, 0.25) is 5.15 Å². The van der Waals surface area contributed by atoms with E-state index in [1.54, 1.807) is 6.92 Å². The van der Waals surface area contributed by atoms with Crippen LogP contribution in [-0.2, 0) is 37.3 Å². The number of fused-ring (bicyclic) bond motifs is 1. The highest BCUT2D eigenvalue weighted by Gasteiger charge is 2.53. The van der Waals surface area contributed by atoms with Crippen molar-refractivity contribution in [1.29, 1.82) is 0 Å². The first-order valence-corrected chi connectivity index (χ1v) is 13.9. The number of aromatic nitrogens is 2. The number of nitrogens with zero attached hydrogens (tertiary/aromatic N) is 3. The number of alkyl halides is 3. The van der Waals surface area contributed by atoms with Crippen molar-refractivity contribution in [3.8, 4) is 5.75 Å². The third-order valence-corrected chi connectivity index (χ3v) is 9.03. The molecule has 1 atom stereocenters. The highest BCUT2D eigenvalue weighted by Crippen LogP contribution is 2.51. The van der Waals surface area contributed by atoms with Crippen molar-refractivity contribution in [2.45, 2.75) is 75.8 Å². The van der Waals surface area contributed by atoms with Crippen LogP contribution in [0.1, 0.15) is 45.6 Å². The highest BCUT2D eigenvalue weighted by atomic mass is 35.5. The number of carbonyl (C=O) groups excluding carboxylic acids is 1. The van der Waals surface area contributed by atoms with Crippen molar-refractivity contribution >= 4 is 39.3 Å². The van der Waals surface area contributed by atoms with Gasteiger partial charge in [-0.15, -0.1) is 0 Å². The molecule has 0 saturated heterocycles. The van der Waals surface area contributed by atoms with E-state index in [-0.39, 0.29) is 40.0 Å². The molecule has 0 spiro atoms. The Kier molecular flexibility index (Phi) is 7.34. The van der Waals surface area contributed by atoms with Gasteiger partial charge < -0.3 is 14.6 Å². The summed E-state index contributed by atoms with van der Waals surface area (Å²) in [5.41, 5.74) is -3.52. The van der Waals surface area contributed by atoms with Gasteiger partial charge in [0, 0.05) is 19.2 Å². The Morgan fingerprint density at radius 2 is 1.95 bits per heavy atom. The number of anilines is 1. The molecule has 2 heterocycles.